The Morgan fingerprint density at radius 2 is 1.62 bits per heavy atom. The lowest BCUT2D eigenvalue weighted by molar-refractivity contribution is -0.274. The summed E-state index contributed by atoms with van der Waals surface area (Å²) in [6, 6.07) is 11.8. The predicted octanol–water partition coefficient (Wildman–Crippen LogP) is 3.94. The lowest BCUT2D eigenvalue weighted by atomic mass is 10.2. The number of rotatable bonds is 4. The fourth-order valence-electron chi connectivity index (χ4n) is 2.19. The molecule has 0 saturated carbocycles. The van der Waals surface area contributed by atoms with Gasteiger partial charge in [-0.2, -0.15) is 0 Å². The second kappa shape index (κ2) is 6.91. The quantitative estimate of drug-likeness (QED) is 0.610. The van der Waals surface area contributed by atoms with Gasteiger partial charge in [0.1, 0.15) is 11.5 Å². The largest absolute Gasteiger partial charge is 0.573 e. The summed E-state index contributed by atoms with van der Waals surface area (Å²) in [6.45, 7) is 0. The van der Waals surface area contributed by atoms with E-state index in [2.05, 4.69) is 9.73 Å². The summed E-state index contributed by atoms with van der Waals surface area (Å²) in [6.07, 6.45) is -3.34. The van der Waals surface area contributed by atoms with Crippen LogP contribution in [0.15, 0.2) is 59.2 Å². The Labute approximate surface area is 146 Å². The summed E-state index contributed by atoms with van der Waals surface area (Å²) in [5.74, 6) is -0.209. The van der Waals surface area contributed by atoms with Crippen molar-refractivity contribution in [1.29, 1.82) is 0 Å². The van der Waals surface area contributed by atoms with E-state index in [1.807, 2.05) is 0 Å². The molecule has 2 aromatic carbocycles. The number of benzene rings is 2. The van der Waals surface area contributed by atoms with E-state index in [-0.39, 0.29) is 17.3 Å². The van der Waals surface area contributed by atoms with Crippen LogP contribution in [0, 0.1) is 0 Å². The molecule has 0 fully saturated rings. The van der Waals surface area contributed by atoms with Crippen LogP contribution in [0.4, 0.5) is 13.2 Å². The molecule has 0 saturated heterocycles. The van der Waals surface area contributed by atoms with Gasteiger partial charge in [0.2, 0.25) is 5.90 Å². The molecular formula is C18H12F3NO4. The number of carbonyl (C=O) groups is 1. The number of ether oxygens (including phenoxy) is 3. The highest BCUT2D eigenvalue weighted by molar-refractivity contribution is 6.12. The normalized spacial score (nSPS) is 15.6. The third-order valence-corrected chi connectivity index (χ3v) is 3.37. The van der Waals surface area contributed by atoms with Crippen molar-refractivity contribution in [3.63, 3.8) is 0 Å². The van der Waals surface area contributed by atoms with Gasteiger partial charge >= 0.3 is 12.3 Å². The third kappa shape index (κ3) is 4.21. The first kappa shape index (κ1) is 17.5. The van der Waals surface area contributed by atoms with E-state index in [0.717, 1.165) is 12.1 Å². The minimum Gasteiger partial charge on any atom is -0.497 e. The van der Waals surface area contributed by atoms with E-state index in [1.165, 1.54) is 25.3 Å². The third-order valence-electron chi connectivity index (χ3n) is 3.37. The Balaban J connectivity index is 1.79. The highest BCUT2D eigenvalue weighted by Crippen LogP contribution is 2.25. The molecule has 26 heavy (non-hydrogen) atoms. The molecule has 1 heterocycles. The van der Waals surface area contributed by atoms with Gasteiger partial charge in [-0.15, -0.1) is 13.2 Å². The van der Waals surface area contributed by atoms with Gasteiger partial charge in [-0.3, -0.25) is 0 Å². The molecule has 3 rings (SSSR count). The van der Waals surface area contributed by atoms with Crippen LogP contribution >= 0.6 is 0 Å². The minimum atomic E-state index is -4.76. The molecule has 5 nitrogen and oxygen atoms in total. The number of cyclic esters (lactones) is 1. The summed E-state index contributed by atoms with van der Waals surface area (Å²) >= 11 is 0. The van der Waals surface area contributed by atoms with Crippen LogP contribution in [0.1, 0.15) is 11.1 Å². The Kier molecular flexibility index (Phi) is 4.66. The number of methoxy groups -OCH3 is 1. The van der Waals surface area contributed by atoms with Gasteiger partial charge in [-0.1, -0.05) is 12.1 Å². The number of alkyl halides is 3. The summed E-state index contributed by atoms with van der Waals surface area (Å²) < 4.78 is 50.4. The van der Waals surface area contributed by atoms with E-state index in [1.54, 1.807) is 24.3 Å². The summed E-state index contributed by atoms with van der Waals surface area (Å²) in [5, 5.41) is 0. The number of aliphatic imine (C=N–C) groups is 1. The number of carbonyl (C=O) groups excluding carboxylic acids is 1. The maximum atomic E-state index is 12.2. The molecule has 1 aliphatic rings. The van der Waals surface area contributed by atoms with Gasteiger partial charge in [-0.05, 0) is 48.0 Å². The lowest BCUT2D eigenvalue weighted by Crippen LogP contribution is -2.16. The second-order valence-electron chi connectivity index (χ2n) is 5.18. The summed E-state index contributed by atoms with van der Waals surface area (Å²) in [5.41, 5.74) is 1.11. The van der Waals surface area contributed by atoms with Crippen LogP contribution in [0.2, 0.25) is 0 Å². The van der Waals surface area contributed by atoms with Gasteiger partial charge < -0.3 is 14.2 Å². The van der Waals surface area contributed by atoms with Crippen molar-refractivity contribution in [3.05, 3.63) is 65.4 Å². The van der Waals surface area contributed by atoms with Crippen molar-refractivity contribution >= 4 is 17.9 Å². The van der Waals surface area contributed by atoms with E-state index in [4.69, 9.17) is 9.47 Å². The van der Waals surface area contributed by atoms with E-state index < -0.39 is 12.3 Å². The molecular weight excluding hydrogens is 351 g/mol. The van der Waals surface area contributed by atoms with Gasteiger partial charge in [0.15, 0.2) is 5.70 Å². The second-order valence-corrected chi connectivity index (χ2v) is 5.18. The Hall–Kier alpha value is -3.29. The summed E-state index contributed by atoms with van der Waals surface area (Å²) in [7, 11) is 1.54. The van der Waals surface area contributed by atoms with Crippen molar-refractivity contribution < 1.29 is 32.2 Å². The zero-order valence-corrected chi connectivity index (χ0v) is 13.4. The average molecular weight is 363 g/mol. The molecule has 134 valence electrons. The topological polar surface area (TPSA) is 57.1 Å². The van der Waals surface area contributed by atoms with Crippen LogP contribution in [0.5, 0.6) is 11.5 Å². The maximum absolute atomic E-state index is 12.2. The summed E-state index contributed by atoms with van der Waals surface area (Å²) in [4.78, 5) is 16.1. The zero-order chi connectivity index (χ0) is 18.7. The monoisotopic (exact) mass is 363 g/mol. The van der Waals surface area contributed by atoms with E-state index >= 15 is 0 Å². The Bertz CT molecular complexity index is 869. The molecule has 0 amide bonds. The first-order valence-corrected chi connectivity index (χ1v) is 7.37. The smallest absolute Gasteiger partial charge is 0.497 e. The first-order chi connectivity index (χ1) is 12.3. The fourth-order valence-corrected chi connectivity index (χ4v) is 2.19. The van der Waals surface area contributed by atoms with Gasteiger partial charge in [0.05, 0.1) is 7.11 Å². The number of nitrogens with zero attached hydrogens (tertiary/aromatic N) is 1. The average Bonchev–Trinajstić information content (AvgIpc) is 2.96. The van der Waals surface area contributed by atoms with Gasteiger partial charge in [-0.25, -0.2) is 9.79 Å². The van der Waals surface area contributed by atoms with Crippen LogP contribution in [-0.2, 0) is 9.53 Å². The van der Waals surface area contributed by atoms with Crippen LogP contribution < -0.4 is 9.47 Å². The molecule has 0 unspecified atom stereocenters. The van der Waals surface area contributed by atoms with E-state index in [9.17, 15) is 18.0 Å². The highest BCUT2D eigenvalue weighted by atomic mass is 19.4. The highest BCUT2D eigenvalue weighted by Gasteiger charge is 2.31. The van der Waals surface area contributed by atoms with Crippen molar-refractivity contribution in [2.24, 2.45) is 4.99 Å². The minimum absolute atomic E-state index is 0.0420. The van der Waals surface area contributed by atoms with Crippen LogP contribution in [0.25, 0.3) is 6.08 Å². The Morgan fingerprint density at radius 3 is 2.19 bits per heavy atom. The predicted molar refractivity (Wildman–Crippen MR) is 86.7 cm³/mol. The standard InChI is InChI=1S/C18H12F3NO4/c1-24-13-8-4-12(5-9-13)16-22-15(17(23)25-16)10-11-2-6-14(7-3-11)26-18(19,20)21/h2-10H,1H3. The van der Waals surface area contributed by atoms with Crippen molar-refractivity contribution in [2.75, 3.05) is 7.11 Å². The Morgan fingerprint density at radius 1 is 1.00 bits per heavy atom. The van der Waals surface area contributed by atoms with Gasteiger partial charge in [0.25, 0.3) is 0 Å². The molecule has 0 bridgehead atoms. The van der Waals surface area contributed by atoms with Crippen molar-refractivity contribution in [3.8, 4) is 11.5 Å². The first-order valence-electron chi connectivity index (χ1n) is 7.37. The van der Waals surface area contributed by atoms with Crippen molar-refractivity contribution in [1.82, 2.24) is 0 Å². The molecule has 0 spiro atoms. The molecule has 1 aliphatic heterocycles. The lowest BCUT2D eigenvalue weighted by Gasteiger charge is -2.08. The van der Waals surface area contributed by atoms with E-state index in [0.29, 0.717) is 16.9 Å². The molecule has 8 heteroatoms. The zero-order valence-electron chi connectivity index (χ0n) is 13.4. The number of halogens is 3. The fraction of sp³-hybridized carbons (Fsp3) is 0.111. The SMILES string of the molecule is COc1ccc(C2=NC(=Cc3ccc(OC(F)(F)F)cc3)C(=O)O2)cc1. The van der Waals surface area contributed by atoms with Crippen LogP contribution in [-0.4, -0.2) is 25.3 Å². The molecule has 0 atom stereocenters. The molecule has 0 N–H and O–H groups in total. The molecule has 0 radical (unpaired) electrons. The molecule has 0 aromatic heterocycles. The van der Waals surface area contributed by atoms with Gasteiger partial charge in [0, 0.05) is 5.56 Å². The maximum Gasteiger partial charge on any atom is 0.573 e. The molecule has 0 aliphatic carbocycles. The molecule has 2 aromatic rings. The number of esters is 1. The van der Waals surface area contributed by atoms with Crippen molar-refractivity contribution in [2.45, 2.75) is 6.36 Å². The number of hydrogen-bond donors (Lipinski definition) is 0. The number of hydrogen-bond acceptors (Lipinski definition) is 5. The van der Waals surface area contributed by atoms with Crippen LogP contribution in [0.3, 0.4) is 0 Å².